The highest BCUT2D eigenvalue weighted by Gasteiger charge is 2.41. The van der Waals surface area contributed by atoms with Gasteiger partial charge in [-0.2, -0.15) is 0 Å². The molecule has 0 saturated carbocycles. The minimum atomic E-state index is -1.04. The minimum absolute atomic E-state index is 0.130. The van der Waals surface area contributed by atoms with Crippen LogP contribution in [0.4, 0.5) is 0 Å². The van der Waals surface area contributed by atoms with Crippen molar-refractivity contribution in [3.05, 3.63) is 35.4 Å². The van der Waals surface area contributed by atoms with Crippen LogP contribution in [0.25, 0.3) is 0 Å². The number of nitrogens with zero attached hydrogens (tertiary/aromatic N) is 1. The Hall–Kier alpha value is -2.17. The van der Waals surface area contributed by atoms with Crippen LogP contribution in [0.1, 0.15) is 36.2 Å². The molecule has 0 unspecified atom stereocenters. The number of amides is 2. The molecule has 1 aromatic carbocycles. The van der Waals surface area contributed by atoms with Crippen molar-refractivity contribution in [1.29, 1.82) is 0 Å². The van der Waals surface area contributed by atoms with E-state index in [1.165, 1.54) is 0 Å². The molecule has 2 rings (SSSR count). The third-order valence-corrected chi connectivity index (χ3v) is 3.23. The van der Waals surface area contributed by atoms with E-state index in [-0.39, 0.29) is 18.7 Å². The van der Waals surface area contributed by atoms with Crippen LogP contribution in [0, 0.1) is 0 Å². The summed E-state index contributed by atoms with van der Waals surface area (Å²) >= 11 is 0. The van der Waals surface area contributed by atoms with Gasteiger partial charge >= 0.3 is 5.97 Å². The van der Waals surface area contributed by atoms with Crippen LogP contribution in [0.3, 0.4) is 0 Å². The predicted octanol–water partition coefficient (Wildman–Crippen LogP) is 1.46. The number of imide groups is 1. The zero-order valence-electron chi connectivity index (χ0n) is 10.8. The summed E-state index contributed by atoms with van der Waals surface area (Å²) in [5.74, 6) is -1.81. The van der Waals surface area contributed by atoms with Crippen molar-refractivity contribution in [3.8, 4) is 0 Å². The highest BCUT2D eigenvalue weighted by Crippen LogP contribution is 2.28. The van der Waals surface area contributed by atoms with Crippen LogP contribution >= 0.6 is 0 Å². The Bertz CT molecular complexity index is 562. The number of carbonyl (C=O) groups excluding carboxylic acids is 2. The lowest BCUT2D eigenvalue weighted by molar-refractivity contribution is -0.141. The SMILES string of the molecule is CC(C)(CC(=O)O)N1C(=O)Cc2ccccc2C1=O. The van der Waals surface area contributed by atoms with E-state index in [2.05, 4.69) is 0 Å². The maximum atomic E-state index is 12.4. The molecule has 1 heterocycles. The molecule has 0 radical (unpaired) electrons. The number of carboxylic acid groups (broad SMARTS) is 1. The Labute approximate surface area is 110 Å². The topological polar surface area (TPSA) is 74.7 Å². The van der Waals surface area contributed by atoms with Crippen molar-refractivity contribution < 1.29 is 19.5 Å². The zero-order chi connectivity index (χ0) is 14.2. The standard InChI is InChI=1S/C14H15NO4/c1-14(2,8-12(17)18)15-11(16)7-9-5-3-4-6-10(9)13(15)19/h3-6H,7-8H2,1-2H3,(H,17,18). The number of carbonyl (C=O) groups is 3. The van der Waals surface area contributed by atoms with Crippen molar-refractivity contribution in [3.63, 3.8) is 0 Å². The van der Waals surface area contributed by atoms with Crippen molar-refractivity contribution in [2.45, 2.75) is 32.2 Å². The summed E-state index contributed by atoms with van der Waals surface area (Å²) < 4.78 is 0. The van der Waals surface area contributed by atoms with Gasteiger partial charge in [0.25, 0.3) is 5.91 Å². The van der Waals surface area contributed by atoms with Crippen LogP contribution in [-0.2, 0) is 16.0 Å². The molecule has 0 bridgehead atoms. The Balaban J connectivity index is 2.41. The van der Waals surface area contributed by atoms with Crippen LogP contribution in [0.15, 0.2) is 24.3 Å². The molecular weight excluding hydrogens is 246 g/mol. The van der Waals surface area contributed by atoms with Crippen LogP contribution < -0.4 is 0 Å². The van der Waals surface area contributed by atoms with Gasteiger partial charge < -0.3 is 5.11 Å². The molecule has 0 aromatic heterocycles. The average molecular weight is 261 g/mol. The molecule has 2 amide bonds. The Morgan fingerprint density at radius 3 is 2.58 bits per heavy atom. The monoisotopic (exact) mass is 261 g/mol. The molecule has 5 heteroatoms. The van der Waals surface area contributed by atoms with Crippen LogP contribution in [0.5, 0.6) is 0 Å². The lowest BCUT2D eigenvalue weighted by Crippen LogP contribution is -2.55. The Morgan fingerprint density at radius 1 is 1.32 bits per heavy atom. The largest absolute Gasteiger partial charge is 0.481 e. The third kappa shape index (κ3) is 2.36. The maximum absolute atomic E-state index is 12.4. The van der Waals surface area contributed by atoms with E-state index in [9.17, 15) is 14.4 Å². The Morgan fingerprint density at radius 2 is 1.95 bits per heavy atom. The quantitative estimate of drug-likeness (QED) is 0.836. The van der Waals surface area contributed by atoms with E-state index in [0.29, 0.717) is 11.1 Å². The molecule has 1 N–H and O–H groups in total. The highest BCUT2D eigenvalue weighted by molar-refractivity contribution is 6.10. The fourth-order valence-electron chi connectivity index (χ4n) is 2.42. The van der Waals surface area contributed by atoms with Crippen molar-refractivity contribution in [1.82, 2.24) is 4.90 Å². The number of rotatable bonds is 3. The summed E-state index contributed by atoms with van der Waals surface area (Å²) in [6, 6.07) is 6.91. The second-order valence-corrected chi connectivity index (χ2v) is 5.25. The van der Waals surface area contributed by atoms with Crippen LogP contribution in [-0.4, -0.2) is 33.3 Å². The van der Waals surface area contributed by atoms with Gasteiger partial charge in [0.1, 0.15) is 0 Å². The molecule has 0 fully saturated rings. The van der Waals surface area contributed by atoms with Crippen LogP contribution in [0.2, 0.25) is 0 Å². The number of benzene rings is 1. The van der Waals surface area contributed by atoms with Gasteiger partial charge in [0.05, 0.1) is 18.4 Å². The van der Waals surface area contributed by atoms with E-state index >= 15 is 0 Å². The van der Waals surface area contributed by atoms with E-state index < -0.39 is 17.4 Å². The number of hydrogen-bond donors (Lipinski definition) is 1. The summed E-state index contributed by atoms with van der Waals surface area (Å²) in [6.45, 7) is 3.18. The van der Waals surface area contributed by atoms with Crippen molar-refractivity contribution >= 4 is 17.8 Å². The predicted molar refractivity (Wildman–Crippen MR) is 67.7 cm³/mol. The number of aliphatic carboxylic acids is 1. The second-order valence-electron chi connectivity index (χ2n) is 5.25. The van der Waals surface area contributed by atoms with Gasteiger partial charge in [-0.3, -0.25) is 19.3 Å². The highest BCUT2D eigenvalue weighted by atomic mass is 16.4. The lowest BCUT2D eigenvalue weighted by atomic mass is 9.91. The lowest BCUT2D eigenvalue weighted by Gasteiger charge is -2.38. The van der Waals surface area contributed by atoms with Gasteiger partial charge in [-0.1, -0.05) is 18.2 Å². The fraction of sp³-hybridized carbons (Fsp3) is 0.357. The first-order valence-electron chi connectivity index (χ1n) is 6.00. The summed E-state index contributed by atoms with van der Waals surface area (Å²) in [5.41, 5.74) is 0.133. The Kier molecular flexibility index (Phi) is 3.14. The summed E-state index contributed by atoms with van der Waals surface area (Å²) in [6.07, 6.45) is -0.141. The zero-order valence-corrected chi connectivity index (χ0v) is 10.8. The maximum Gasteiger partial charge on any atom is 0.305 e. The first kappa shape index (κ1) is 13.3. The molecule has 0 aliphatic carbocycles. The van der Waals surface area contributed by atoms with Gasteiger partial charge in [-0.05, 0) is 25.5 Å². The van der Waals surface area contributed by atoms with E-state index in [4.69, 9.17) is 5.11 Å². The summed E-state index contributed by atoms with van der Waals surface area (Å²) in [4.78, 5) is 36.4. The average Bonchev–Trinajstić information content (AvgIpc) is 2.26. The molecule has 0 spiro atoms. The van der Waals surface area contributed by atoms with E-state index in [1.807, 2.05) is 0 Å². The molecule has 1 aliphatic heterocycles. The van der Waals surface area contributed by atoms with Gasteiger partial charge in [0, 0.05) is 5.56 Å². The second kappa shape index (κ2) is 4.50. The fourth-order valence-corrected chi connectivity index (χ4v) is 2.42. The minimum Gasteiger partial charge on any atom is -0.481 e. The molecule has 19 heavy (non-hydrogen) atoms. The molecule has 1 aliphatic rings. The third-order valence-electron chi connectivity index (χ3n) is 3.23. The number of hydrogen-bond acceptors (Lipinski definition) is 3. The van der Waals surface area contributed by atoms with E-state index in [1.54, 1.807) is 38.1 Å². The molecule has 5 nitrogen and oxygen atoms in total. The van der Waals surface area contributed by atoms with Crippen molar-refractivity contribution in [2.24, 2.45) is 0 Å². The van der Waals surface area contributed by atoms with E-state index in [0.717, 1.165) is 4.90 Å². The summed E-state index contributed by atoms with van der Waals surface area (Å²) in [5, 5.41) is 8.90. The van der Waals surface area contributed by atoms with Crippen molar-refractivity contribution in [2.75, 3.05) is 0 Å². The number of carboxylic acids is 1. The molecule has 0 atom stereocenters. The first-order valence-corrected chi connectivity index (χ1v) is 6.00. The smallest absolute Gasteiger partial charge is 0.305 e. The van der Waals surface area contributed by atoms with Gasteiger partial charge in [0.2, 0.25) is 5.91 Å². The van der Waals surface area contributed by atoms with Gasteiger partial charge in [-0.25, -0.2) is 0 Å². The summed E-state index contributed by atoms with van der Waals surface area (Å²) in [7, 11) is 0. The molecular formula is C14H15NO4. The molecule has 0 saturated heterocycles. The van der Waals surface area contributed by atoms with Gasteiger partial charge in [-0.15, -0.1) is 0 Å². The molecule has 1 aromatic rings. The number of fused-ring (bicyclic) bond motifs is 1. The van der Waals surface area contributed by atoms with Gasteiger partial charge in [0.15, 0.2) is 0 Å². The first-order chi connectivity index (χ1) is 8.83. The normalized spacial score (nSPS) is 15.4. The molecule has 100 valence electrons.